The molecule has 0 aromatic heterocycles. The molecule has 0 unspecified atom stereocenters. The van der Waals surface area contributed by atoms with Gasteiger partial charge in [-0.15, -0.1) is 0 Å². The fraction of sp³-hybridized carbons (Fsp3) is 0.500. The van der Waals surface area contributed by atoms with E-state index in [2.05, 4.69) is 4.90 Å². The molecule has 1 fully saturated rings. The van der Waals surface area contributed by atoms with Crippen LogP contribution in [0.4, 0.5) is 17.1 Å². The molecule has 1 aliphatic rings. The van der Waals surface area contributed by atoms with Gasteiger partial charge in [0.1, 0.15) is 5.69 Å². The summed E-state index contributed by atoms with van der Waals surface area (Å²) in [5.74, 6) is 0. The van der Waals surface area contributed by atoms with Crippen molar-refractivity contribution in [2.45, 2.75) is 19.4 Å². The first kappa shape index (κ1) is 12.6. The normalized spacial score (nSPS) is 18.7. The van der Waals surface area contributed by atoms with E-state index in [-0.39, 0.29) is 17.0 Å². The van der Waals surface area contributed by atoms with Gasteiger partial charge >= 0.3 is 0 Å². The van der Waals surface area contributed by atoms with Crippen LogP contribution in [0.15, 0.2) is 18.2 Å². The Morgan fingerprint density at radius 1 is 1.50 bits per heavy atom. The monoisotopic (exact) mass is 251 g/mol. The van der Waals surface area contributed by atoms with Crippen molar-refractivity contribution in [3.05, 3.63) is 28.3 Å². The van der Waals surface area contributed by atoms with Crippen molar-refractivity contribution < 1.29 is 9.66 Å². The van der Waals surface area contributed by atoms with E-state index in [0.717, 1.165) is 18.8 Å². The summed E-state index contributed by atoms with van der Waals surface area (Å²) in [6.07, 6.45) is 0. The van der Waals surface area contributed by atoms with Crippen LogP contribution in [0.25, 0.3) is 0 Å². The molecule has 1 aromatic rings. The molecule has 6 nitrogen and oxygen atoms in total. The smallest absolute Gasteiger partial charge is 0.292 e. The van der Waals surface area contributed by atoms with Crippen LogP contribution in [0, 0.1) is 10.1 Å². The van der Waals surface area contributed by atoms with E-state index in [0.29, 0.717) is 6.61 Å². The molecule has 2 N–H and O–H groups in total. The fourth-order valence-corrected chi connectivity index (χ4v) is 2.14. The molecule has 0 amide bonds. The number of anilines is 2. The molecule has 0 atom stereocenters. The minimum atomic E-state index is -0.470. The Bertz CT molecular complexity index is 474. The SMILES string of the molecule is CC1(C)CN(c2ccc([N+](=O)[O-])c(N)c2)CCO1. The van der Waals surface area contributed by atoms with Gasteiger partial charge in [-0.2, -0.15) is 0 Å². The van der Waals surface area contributed by atoms with Crippen molar-refractivity contribution in [3.8, 4) is 0 Å². The van der Waals surface area contributed by atoms with Crippen molar-refractivity contribution in [1.29, 1.82) is 0 Å². The summed E-state index contributed by atoms with van der Waals surface area (Å²) in [6.45, 7) is 6.19. The Balaban J connectivity index is 2.24. The van der Waals surface area contributed by atoms with Crippen LogP contribution < -0.4 is 10.6 Å². The largest absolute Gasteiger partial charge is 0.393 e. The van der Waals surface area contributed by atoms with Crippen LogP contribution in [0.2, 0.25) is 0 Å². The summed E-state index contributed by atoms with van der Waals surface area (Å²) in [7, 11) is 0. The highest BCUT2D eigenvalue weighted by Gasteiger charge is 2.27. The Morgan fingerprint density at radius 2 is 2.22 bits per heavy atom. The lowest BCUT2D eigenvalue weighted by Gasteiger charge is -2.39. The molecule has 18 heavy (non-hydrogen) atoms. The second-order valence-corrected chi connectivity index (χ2v) is 5.03. The summed E-state index contributed by atoms with van der Waals surface area (Å²) in [5.41, 5.74) is 6.53. The molecule has 0 radical (unpaired) electrons. The molecular formula is C12H17N3O3. The zero-order valence-corrected chi connectivity index (χ0v) is 10.5. The maximum absolute atomic E-state index is 10.7. The van der Waals surface area contributed by atoms with Crippen molar-refractivity contribution in [3.63, 3.8) is 0 Å². The van der Waals surface area contributed by atoms with E-state index in [4.69, 9.17) is 10.5 Å². The number of hydrogen-bond acceptors (Lipinski definition) is 5. The molecule has 0 spiro atoms. The summed E-state index contributed by atoms with van der Waals surface area (Å²) in [6, 6.07) is 4.84. The molecule has 0 bridgehead atoms. The lowest BCUT2D eigenvalue weighted by atomic mass is 10.1. The number of nitrogens with zero attached hydrogens (tertiary/aromatic N) is 2. The average Bonchev–Trinajstić information content (AvgIpc) is 2.27. The van der Waals surface area contributed by atoms with Crippen LogP contribution >= 0.6 is 0 Å². The van der Waals surface area contributed by atoms with Gasteiger partial charge in [-0.3, -0.25) is 10.1 Å². The Kier molecular flexibility index (Phi) is 3.13. The summed E-state index contributed by atoms with van der Waals surface area (Å²) in [4.78, 5) is 12.4. The predicted octanol–water partition coefficient (Wildman–Crippen LogP) is 1.79. The number of nitro groups is 1. The summed E-state index contributed by atoms with van der Waals surface area (Å²) >= 11 is 0. The number of nitrogen functional groups attached to an aromatic ring is 1. The third-order valence-electron chi connectivity index (χ3n) is 3.00. The first-order valence-corrected chi connectivity index (χ1v) is 5.82. The first-order valence-electron chi connectivity index (χ1n) is 5.82. The number of morpholine rings is 1. The van der Waals surface area contributed by atoms with Gasteiger partial charge in [-0.1, -0.05) is 0 Å². The van der Waals surface area contributed by atoms with Crippen LogP contribution in [-0.2, 0) is 4.74 Å². The van der Waals surface area contributed by atoms with Gasteiger partial charge in [-0.25, -0.2) is 0 Å². The predicted molar refractivity (Wildman–Crippen MR) is 69.8 cm³/mol. The Labute approximate surface area is 105 Å². The Hall–Kier alpha value is -1.82. The number of nitro benzene ring substituents is 1. The lowest BCUT2D eigenvalue weighted by molar-refractivity contribution is -0.383. The van der Waals surface area contributed by atoms with Gasteiger partial charge in [-0.05, 0) is 26.0 Å². The maximum atomic E-state index is 10.7. The highest BCUT2D eigenvalue weighted by molar-refractivity contribution is 5.66. The molecule has 0 aliphatic carbocycles. The van der Waals surface area contributed by atoms with Gasteiger partial charge in [0.05, 0.1) is 17.1 Å². The average molecular weight is 251 g/mol. The quantitative estimate of drug-likeness (QED) is 0.492. The second kappa shape index (κ2) is 4.45. The minimum Gasteiger partial charge on any atom is -0.393 e. The standard InChI is InChI=1S/C12H17N3O3/c1-12(2)8-14(5-6-18-12)9-3-4-11(15(16)17)10(13)7-9/h3-4,7H,5-6,8,13H2,1-2H3. The Morgan fingerprint density at radius 3 is 2.78 bits per heavy atom. The maximum Gasteiger partial charge on any atom is 0.292 e. The molecule has 98 valence electrons. The molecule has 2 rings (SSSR count). The third-order valence-corrected chi connectivity index (χ3v) is 3.00. The van der Waals surface area contributed by atoms with Crippen LogP contribution in [0.3, 0.4) is 0 Å². The fourth-order valence-electron chi connectivity index (χ4n) is 2.14. The zero-order chi connectivity index (χ0) is 13.3. The van der Waals surface area contributed by atoms with Crippen LogP contribution in [-0.4, -0.2) is 30.2 Å². The zero-order valence-electron chi connectivity index (χ0n) is 10.5. The van der Waals surface area contributed by atoms with E-state index in [1.165, 1.54) is 6.07 Å². The number of rotatable bonds is 2. The molecule has 0 saturated carbocycles. The van der Waals surface area contributed by atoms with Gasteiger partial charge in [0, 0.05) is 24.8 Å². The van der Waals surface area contributed by atoms with E-state index in [1.54, 1.807) is 12.1 Å². The van der Waals surface area contributed by atoms with E-state index < -0.39 is 4.92 Å². The molecule has 1 saturated heterocycles. The molecule has 1 aliphatic heterocycles. The molecule has 1 aromatic carbocycles. The summed E-state index contributed by atoms with van der Waals surface area (Å²) in [5, 5.41) is 10.7. The van der Waals surface area contributed by atoms with Crippen LogP contribution in [0.1, 0.15) is 13.8 Å². The topological polar surface area (TPSA) is 81.6 Å². The number of hydrogen-bond donors (Lipinski definition) is 1. The lowest BCUT2D eigenvalue weighted by Crippen LogP contribution is -2.48. The van der Waals surface area contributed by atoms with Crippen molar-refractivity contribution in [2.75, 3.05) is 30.3 Å². The van der Waals surface area contributed by atoms with Crippen LogP contribution in [0.5, 0.6) is 0 Å². The minimum absolute atomic E-state index is 0.0498. The van der Waals surface area contributed by atoms with Crippen molar-refractivity contribution in [1.82, 2.24) is 0 Å². The van der Waals surface area contributed by atoms with E-state index in [1.807, 2.05) is 13.8 Å². The molecule has 1 heterocycles. The van der Waals surface area contributed by atoms with Crippen molar-refractivity contribution in [2.24, 2.45) is 0 Å². The highest BCUT2D eigenvalue weighted by Crippen LogP contribution is 2.29. The van der Waals surface area contributed by atoms with E-state index in [9.17, 15) is 10.1 Å². The van der Waals surface area contributed by atoms with Gasteiger partial charge in [0.15, 0.2) is 0 Å². The highest BCUT2D eigenvalue weighted by atomic mass is 16.6. The number of ether oxygens (including phenoxy) is 1. The first-order chi connectivity index (χ1) is 8.39. The third kappa shape index (κ3) is 2.53. The van der Waals surface area contributed by atoms with Gasteiger partial charge in [0.2, 0.25) is 0 Å². The second-order valence-electron chi connectivity index (χ2n) is 5.03. The molecular weight excluding hydrogens is 234 g/mol. The van der Waals surface area contributed by atoms with Gasteiger partial charge < -0.3 is 15.4 Å². The van der Waals surface area contributed by atoms with E-state index >= 15 is 0 Å². The molecule has 6 heteroatoms. The summed E-state index contributed by atoms with van der Waals surface area (Å²) < 4.78 is 5.63. The number of nitrogens with two attached hydrogens (primary N) is 1. The number of benzene rings is 1. The van der Waals surface area contributed by atoms with Gasteiger partial charge in [0.25, 0.3) is 5.69 Å². The van der Waals surface area contributed by atoms with Crippen molar-refractivity contribution >= 4 is 17.1 Å².